The summed E-state index contributed by atoms with van der Waals surface area (Å²) < 4.78 is 41.7. The van der Waals surface area contributed by atoms with Crippen LogP contribution in [0.15, 0.2) is 54.8 Å². The minimum Gasteiger partial charge on any atom is -0.406 e. The minimum atomic E-state index is -4.78. The lowest BCUT2D eigenvalue weighted by molar-refractivity contribution is -0.274. The number of carbonyl (C=O) groups is 1. The zero-order valence-corrected chi connectivity index (χ0v) is 21.7. The molecule has 0 aliphatic carbocycles. The average Bonchev–Trinajstić information content (AvgIpc) is 2.87. The van der Waals surface area contributed by atoms with E-state index in [9.17, 15) is 18.0 Å². The van der Waals surface area contributed by atoms with Crippen molar-refractivity contribution in [1.29, 1.82) is 5.41 Å². The Kier molecular flexibility index (Phi) is 12.0. The first-order valence-electron chi connectivity index (χ1n) is 11.5. The molecule has 1 amide bonds. The summed E-state index contributed by atoms with van der Waals surface area (Å²) in [6, 6.07) is 10.4. The first-order valence-corrected chi connectivity index (χ1v) is 11.5. The van der Waals surface area contributed by atoms with Gasteiger partial charge in [0.15, 0.2) is 0 Å². The van der Waals surface area contributed by atoms with Crippen LogP contribution in [0.5, 0.6) is 5.75 Å². The number of amides is 1. The van der Waals surface area contributed by atoms with Crippen molar-refractivity contribution in [1.82, 2.24) is 5.32 Å². The van der Waals surface area contributed by atoms with Crippen molar-refractivity contribution in [2.75, 3.05) is 11.9 Å². The number of nitrogens with two attached hydrogens (primary N) is 1. The summed E-state index contributed by atoms with van der Waals surface area (Å²) in [5.41, 5.74) is 10.7. The topological polar surface area (TPSA) is 91.4 Å². The van der Waals surface area contributed by atoms with E-state index in [1.165, 1.54) is 30.5 Å². The van der Waals surface area contributed by atoms with Crippen molar-refractivity contribution >= 4 is 17.8 Å². The van der Waals surface area contributed by atoms with E-state index >= 15 is 0 Å². The number of ether oxygens (including phenoxy) is 1. The van der Waals surface area contributed by atoms with Crippen LogP contribution in [-0.4, -0.2) is 25.5 Å². The van der Waals surface area contributed by atoms with E-state index in [2.05, 4.69) is 28.6 Å². The molecular weight excluding hydrogens is 481 g/mol. The van der Waals surface area contributed by atoms with Crippen LogP contribution in [-0.2, 0) is 17.8 Å². The third-order valence-electron chi connectivity index (χ3n) is 5.18. The molecule has 0 fully saturated rings. The minimum absolute atomic E-state index is 0.152. The zero-order valence-electron chi connectivity index (χ0n) is 21.7. The monoisotopic (exact) mass is 514 g/mol. The van der Waals surface area contributed by atoms with E-state index in [4.69, 9.17) is 11.1 Å². The van der Waals surface area contributed by atoms with Gasteiger partial charge in [-0.25, -0.2) is 0 Å². The van der Waals surface area contributed by atoms with Crippen LogP contribution < -0.4 is 20.7 Å². The lowest BCUT2D eigenvalue weighted by Crippen LogP contribution is -2.23. The highest BCUT2D eigenvalue weighted by atomic mass is 19.4. The molecule has 0 radical (unpaired) electrons. The maximum Gasteiger partial charge on any atom is 0.573 e. The number of carbonyl (C=O) groups excluding carboxylic acids is 1. The molecule has 2 aromatic carbocycles. The number of halogens is 3. The normalized spacial score (nSPS) is 10.8. The fourth-order valence-electron chi connectivity index (χ4n) is 3.66. The quantitative estimate of drug-likeness (QED) is 0.170. The first kappa shape index (κ1) is 30.8. The SMILES string of the molecule is C=CC(=O)NCc1cc(-c2ccc(OC(F)(F)F)cc2)c(C)c(N(C)C#CC)c1C/C(C=N)=C/N.CC. The van der Waals surface area contributed by atoms with Crippen LogP contribution in [0.25, 0.3) is 11.1 Å². The van der Waals surface area contributed by atoms with Gasteiger partial charge >= 0.3 is 6.36 Å². The van der Waals surface area contributed by atoms with E-state index in [1.807, 2.05) is 26.8 Å². The molecule has 0 atom stereocenters. The molecule has 37 heavy (non-hydrogen) atoms. The molecule has 0 bridgehead atoms. The molecule has 0 unspecified atom stereocenters. The second-order valence-corrected chi connectivity index (χ2v) is 7.51. The van der Waals surface area contributed by atoms with Crippen LogP contribution in [0.3, 0.4) is 0 Å². The second kappa shape index (κ2) is 14.4. The van der Waals surface area contributed by atoms with E-state index in [0.717, 1.165) is 40.2 Å². The van der Waals surface area contributed by atoms with Crippen molar-refractivity contribution in [2.45, 2.75) is 47.0 Å². The van der Waals surface area contributed by atoms with Crippen LogP contribution >= 0.6 is 0 Å². The predicted molar refractivity (Wildman–Crippen MR) is 143 cm³/mol. The number of nitrogens with one attached hydrogen (secondary N) is 2. The van der Waals surface area contributed by atoms with Crippen LogP contribution in [0, 0.1) is 24.3 Å². The summed E-state index contributed by atoms with van der Waals surface area (Å²) in [5.74, 6) is 2.16. The largest absolute Gasteiger partial charge is 0.573 e. The Hall–Kier alpha value is -4.19. The van der Waals surface area contributed by atoms with Gasteiger partial charge in [-0.1, -0.05) is 38.5 Å². The molecule has 0 aliphatic rings. The van der Waals surface area contributed by atoms with Gasteiger partial charge in [0, 0.05) is 32.3 Å². The summed E-state index contributed by atoms with van der Waals surface area (Å²) >= 11 is 0. The van der Waals surface area contributed by atoms with Gasteiger partial charge in [-0.2, -0.15) is 0 Å². The molecule has 0 heterocycles. The maximum absolute atomic E-state index is 12.6. The summed E-state index contributed by atoms with van der Waals surface area (Å²) in [5, 5.41) is 10.4. The highest BCUT2D eigenvalue weighted by Gasteiger charge is 2.31. The van der Waals surface area contributed by atoms with Crippen molar-refractivity contribution in [2.24, 2.45) is 5.73 Å². The van der Waals surface area contributed by atoms with Gasteiger partial charge in [0.1, 0.15) is 5.75 Å². The Bertz CT molecular complexity index is 1190. The molecular formula is C28H33F3N4O2. The molecule has 2 rings (SSSR count). The number of allylic oxidation sites excluding steroid dienone is 1. The Labute approximate surface area is 216 Å². The lowest BCUT2D eigenvalue weighted by Gasteiger charge is -2.25. The summed E-state index contributed by atoms with van der Waals surface area (Å²) in [6.07, 6.45) is -0.815. The van der Waals surface area contributed by atoms with Crippen molar-refractivity contribution in [3.05, 3.63) is 71.5 Å². The number of nitrogens with zero attached hydrogens (tertiary/aromatic N) is 1. The third-order valence-corrected chi connectivity index (χ3v) is 5.18. The van der Waals surface area contributed by atoms with Crippen molar-refractivity contribution in [3.63, 3.8) is 0 Å². The van der Waals surface area contributed by atoms with Crippen LogP contribution in [0.2, 0.25) is 0 Å². The Morgan fingerprint density at radius 1 is 1.27 bits per heavy atom. The van der Waals surface area contributed by atoms with Gasteiger partial charge in [-0.05, 0) is 77.7 Å². The fourth-order valence-corrected chi connectivity index (χ4v) is 3.66. The second-order valence-electron chi connectivity index (χ2n) is 7.51. The van der Waals surface area contributed by atoms with Gasteiger partial charge in [-0.15, -0.1) is 13.2 Å². The highest BCUT2D eigenvalue weighted by molar-refractivity contribution is 5.87. The number of anilines is 1. The predicted octanol–water partition coefficient (Wildman–Crippen LogP) is 5.84. The number of rotatable bonds is 9. The van der Waals surface area contributed by atoms with E-state index in [-0.39, 0.29) is 18.2 Å². The van der Waals surface area contributed by atoms with E-state index in [1.54, 1.807) is 18.9 Å². The Morgan fingerprint density at radius 2 is 1.89 bits per heavy atom. The van der Waals surface area contributed by atoms with Crippen molar-refractivity contribution < 1.29 is 22.7 Å². The van der Waals surface area contributed by atoms with Gasteiger partial charge in [0.25, 0.3) is 0 Å². The molecule has 0 aliphatic heterocycles. The number of benzene rings is 2. The molecule has 6 nitrogen and oxygen atoms in total. The fraction of sp³-hybridized carbons (Fsp3) is 0.286. The van der Waals surface area contributed by atoms with Crippen LogP contribution in [0.1, 0.15) is 37.5 Å². The molecule has 0 aromatic heterocycles. The number of hydrogen-bond acceptors (Lipinski definition) is 5. The average molecular weight is 515 g/mol. The molecule has 9 heteroatoms. The maximum atomic E-state index is 12.6. The summed E-state index contributed by atoms with van der Waals surface area (Å²) in [4.78, 5) is 13.6. The van der Waals surface area contributed by atoms with Gasteiger partial charge in [-0.3, -0.25) is 4.79 Å². The highest BCUT2D eigenvalue weighted by Crippen LogP contribution is 2.38. The Balaban J connectivity index is 0.00000334. The summed E-state index contributed by atoms with van der Waals surface area (Å²) in [7, 11) is 1.79. The molecule has 2 aromatic rings. The van der Waals surface area contributed by atoms with Gasteiger partial charge in [0.2, 0.25) is 5.91 Å². The Morgan fingerprint density at radius 3 is 2.38 bits per heavy atom. The molecule has 0 saturated carbocycles. The van der Waals surface area contributed by atoms with Crippen molar-refractivity contribution in [3.8, 4) is 28.8 Å². The smallest absolute Gasteiger partial charge is 0.406 e. The van der Waals surface area contributed by atoms with Gasteiger partial charge in [0.05, 0.1) is 5.69 Å². The molecule has 4 N–H and O–H groups in total. The third kappa shape index (κ3) is 8.76. The number of alkyl halides is 3. The summed E-state index contributed by atoms with van der Waals surface area (Å²) in [6.45, 7) is 11.2. The molecule has 198 valence electrons. The van der Waals surface area contributed by atoms with E-state index in [0.29, 0.717) is 17.6 Å². The standard InChI is InChI=1S/C26H27F3N4O2.C2H6/c1-5-11-33(4)25-17(3)22(19-7-9-21(10-8-19)35-26(27,28)29)13-20(16-32-24(34)6-2)23(25)12-18(14-30)15-31;1-2/h6-10,13-15,30H,2,12,16,31H2,1,3-4H3,(H,32,34);1-2H3/b18-15-,30-14?;. The molecule has 0 spiro atoms. The van der Waals surface area contributed by atoms with Gasteiger partial charge < -0.3 is 26.1 Å². The zero-order chi connectivity index (χ0) is 28.2. The number of hydrogen-bond donors (Lipinski definition) is 3. The first-order chi connectivity index (χ1) is 17.5. The van der Waals surface area contributed by atoms with Crippen LogP contribution in [0.4, 0.5) is 18.9 Å². The lowest BCUT2D eigenvalue weighted by atomic mass is 9.89. The van der Waals surface area contributed by atoms with E-state index < -0.39 is 6.36 Å². The molecule has 0 saturated heterocycles.